The molecule has 0 amide bonds. The second-order valence-electron chi connectivity index (χ2n) is 1.24. The predicted octanol–water partition coefficient (Wildman–Crippen LogP) is -1.49. The van der Waals surface area contributed by atoms with Gasteiger partial charge in [-0.2, -0.15) is 0 Å². The van der Waals surface area contributed by atoms with E-state index in [1.54, 1.807) is 0 Å². The largest absolute Gasteiger partial charge is 0.692 e. The van der Waals surface area contributed by atoms with E-state index in [1.807, 2.05) is 0 Å². The molecule has 0 aromatic carbocycles. The van der Waals surface area contributed by atoms with E-state index in [-0.39, 0.29) is 0 Å². The average Bonchev–Trinajstić information content (AvgIpc) is 1.63. The molecule has 0 unspecified atom stereocenters. The Morgan fingerprint density at radius 1 is 1.40 bits per heavy atom. The minimum absolute atomic E-state index is 0.630. The van der Waals surface area contributed by atoms with Crippen LogP contribution in [0.3, 0.4) is 0 Å². The van der Waals surface area contributed by atoms with E-state index in [0.29, 0.717) is 0 Å². The summed E-state index contributed by atoms with van der Waals surface area (Å²) in [6, 6.07) is 0. The van der Waals surface area contributed by atoms with Gasteiger partial charge < -0.3 is 10.2 Å². The summed E-state index contributed by atoms with van der Waals surface area (Å²) in [6.45, 7) is 1.10. The van der Waals surface area contributed by atoms with Gasteiger partial charge in [0.15, 0.2) is 5.78 Å². The van der Waals surface area contributed by atoms with Gasteiger partial charge in [0, 0.05) is 4.57 Å². The second kappa shape index (κ2) is 6.73. The van der Waals surface area contributed by atoms with Crippen LogP contribution in [0.25, 0.3) is 0 Å². The molecule has 0 fully saturated rings. The standard InChI is InChI=1S/C3H6O3.HO3P/c1-2(4)3(5)6;1-4(2)3/h3,5-6H,1H3;(H-,1,2,3)/p+1. The lowest BCUT2D eigenvalue weighted by Crippen LogP contribution is -2.14. The lowest BCUT2D eigenvalue weighted by molar-refractivity contribution is -0.142. The van der Waals surface area contributed by atoms with Crippen molar-refractivity contribution in [2.24, 2.45) is 0 Å². The highest BCUT2D eigenvalue weighted by molar-refractivity contribution is 7.30. The third-order valence-corrected chi connectivity index (χ3v) is 0.364. The summed E-state index contributed by atoms with van der Waals surface area (Å²) in [5.41, 5.74) is 0. The lowest BCUT2D eigenvalue weighted by atomic mass is 10.4. The fraction of sp³-hybridized carbons (Fsp3) is 0.667. The smallest absolute Gasteiger partial charge is 0.362 e. The molecule has 0 aliphatic heterocycles. The van der Waals surface area contributed by atoms with Crippen molar-refractivity contribution in [3.05, 3.63) is 0 Å². The van der Waals surface area contributed by atoms with Gasteiger partial charge in [0.05, 0.1) is 0 Å². The van der Waals surface area contributed by atoms with Gasteiger partial charge in [0.2, 0.25) is 6.29 Å². The molecule has 6 nitrogen and oxygen atoms in total. The zero-order valence-corrected chi connectivity index (χ0v) is 6.02. The summed E-state index contributed by atoms with van der Waals surface area (Å²) in [5.74, 6) is -0.630. The van der Waals surface area contributed by atoms with E-state index in [1.165, 1.54) is 0 Å². The van der Waals surface area contributed by atoms with Crippen LogP contribution in [0.5, 0.6) is 0 Å². The van der Waals surface area contributed by atoms with E-state index in [9.17, 15) is 4.79 Å². The quantitative estimate of drug-likeness (QED) is 0.282. The van der Waals surface area contributed by atoms with Crippen LogP contribution in [0.1, 0.15) is 6.92 Å². The van der Waals surface area contributed by atoms with E-state index >= 15 is 0 Å². The molecule has 0 saturated carbocycles. The van der Waals surface area contributed by atoms with Gasteiger partial charge in [-0.1, -0.05) is 0 Å². The number of hydrogen-bond donors (Lipinski definition) is 4. The number of hydrogen-bond acceptors (Lipinski definition) is 4. The van der Waals surface area contributed by atoms with Crippen LogP contribution < -0.4 is 0 Å². The highest BCUT2D eigenvalue weighted by Gasteiger charge is 1.99. The molecule has 4 N–H and O–H groups in total. The van der Waals surface area contributed by atoms with Crippen LogP contribution in [0.4, 0.5) is 0 Å². The molecule has 10 heavy (non-hydrogen) atoms. The van der Waals surface area contributed by atoms with Gasteiger partial charge in [0.25, 0.3) is 0 Å². The van der Waals surface area contributed by atoms with Crippen molar-refractivity contribution in [1.29, 1.82) is 0 Å². The summed E-state index contributed by atoms with van der Waals surface area (Å²) in [4.78, 5) is 23.9. The minimum atomic E-state index is -2.87. The maximum Gasteiger partial charge on any atom is 0.692 e. The summed E-state index contributed by atoms with van der Waals surface area (Å²) in [5, 5.41) is 15.7. The van der Waals surface area contributed by atoms with E-state index < -0.39 is 20.3 Å². The molecule has 0 atom stereocenters. The Balaban J connectivity index is 0. The monoisotopic (exact) mass is 171 g/mol. The number of rotatable bonds is 1. The SMILES string of the molecule is CC(=O)C(O)O.O=[P+](O)O. The zero-order valence-electron chi connectivity index (χ0n) is 5.13. The Kier molecular flexibility index (Phi) is 8.27. The van der Waals surface area contributed by atoms with Crippen LogP contribution >= 0.6 is 8.25 Å². The molecule has 0 aliphatic rings. The molecule has 7 heteroatoms. The van der Waals surface area contributed by atoms with Crippen molar-refractivity contribution in [2.75, 3.05) is 0 Å². The summed E-state index contributed by atoms with van der Waals surface area (Å²) < 4.78 is 8.70. The molecule has 0 heterocycles. The normalized spacial score (nSPS) is 8.20. The molecule has 0 rings (SSSR count). The van der Waals surface area contributed by atoms with Gasteiger partial charge in [-0.15, -0.1) is 9.79 Å². The summed E-state index contributed by atoms with van der Waals surface area (Å²) in [7, 11) is -2.87. The Bertz CT molecular complexity index is 116. The first-order chi connectivity index (χ1) is 4.37. The van der Waals surface area contributed by atoms with Gasteiger partial charge in [-0.3, -0.25) is 4.79 Å². The molecule has 0 aliphatic carbocycles. The van der Waals surface area contributed by atoms with Gasteiger partial charge in [-0.05, 0) is 6.92 Å². The average molecular weight is 171 g/mol. The Morgan fingerprint density at radius 2 is 1.50 bits per heavy atom. The molecular weight excluding hydrogens is 163 g/mol. The third-order valence-electron chi connectivity index (χ3n) is 0.364. The highest BCUT2D eigenvalue weighted by atomic mass is 31.1. The van der Waals surface area contributed by atoms with E-state index in [0.717, 1.165) is 6.92 Å². The fourth-order valence-corrected chi connectivity index (χ4v) is 0. The number of aliphatic hydroxyl groups excluding tert-OH is 1. The van der Waals surface area contributed by atoms with Gasteiger partial charge in [0.1, 0.15) is 0 Å². The van der Waals surface area contributed by atoms with Crippen molar-refractivity contribution in [3.63, 3.8) is 0 Å². The number of Topliss-reactive ketones (excluding diaryl/α,β-unsaturated/α-hetero) is 1. The molecule has 0 spiro atoms. The first-order valence-corrected chi connectivity index (χ1v) is 3.26. The minimum Gasteiger partial charge on any atom is -0.362 e. The van der Waals surface area contributed by atoms with Crippen molar-refractivity contribution in [1.82, 2.24) is 0 Å². The van der Waals surface area contributed by atoms with Crippen LogP contribution in [-0.2, 0) is 9.36 Å². The number of carbonyl (C=O) groups is 1. The summed E-state index contributed by atoms with van der Waals surface area (Å²) in [6.07, 6.45) is -1.79. The molecule has 60 valence electrons. The molecule has 0 radical (unpaired) electrons. The summed E-state index contributed by atoms with van der Waals surface area (Å²) >= 11 is 0. The van der Waals surface area contributed by atoms with Crippen LogP contribution in [0.2, 0.25) is 0 Å². The van der Waals surface area contributed by atoms with E-state index in [2.05, 4.69) is 0 Å². The maximum atomic E-state index is 9.64. The predicted molar refractivity (Wildman–Crippen MR) is 31.0 cm³/mol. The van der Waals surface area contributed by atoms with Crippen LogP contribution in [0.15, 0.2) is 0 Å². The fourth-order valence-electron chi connectivity index (χ4n) is 0. The molecular formula is C3H8O6P+. The highest BCUT2D eigenvalue weighted by Crippen LogP contribution is 1.98. The van der Waals surface area contributed by atoms with Gasteiger partial charge >= 0.3 is 8.25 Å². The lowest BCUT2D eigenvalue weighted by Gasteiger charge is -1.90. The van der Waals surface area contributed by atoms with Crippen molar-refractivity contribution < 1.29 is 29.4 Å². The van der Waals surface area contributed by atoms with Crippen molar-refractivity contribution in [2.45, 2.75) is 13.2 Å². The zero-order chi connectivity index (χ0) is 8.73. The first kappa shape index (κ1) is 12.3. The van der Waals surface area contributed by atoms with Crippen molar-refractivity contribution in [3.8, 4) is 0 Å². The van der Waals surface area contributed by atoms with Crippen LogP contribution in [0, 0.1) is 0 Å². The Hall–Kier alpha value is -0.390. The molecule has 0 saturated heterocycles. The second-order valence-corrected chi connectivity index (χ2v) is 1.74. The molecule has 0 aromatic heterocycles. The van der Waals surface area contributed by atoms with Gasteiger partial charge in [-0.25, -0.2) is 0 Å². The van der Waals surface area contributed by atoms with Crippen molar-refractivity contribution >= 4 is 14.0 Å². The molecule has 0 aromatic rings. The Morgan fingerprint density at radius 3 is 1.50 bits per heavy atom. The molecule has 0 bridgehead atoms. The number of carbonyl (C=O) groups excluding carboxylic acids is 1. The maximum absolute atomic E-state index is 9.64. The van der Waals surface area contributed by atoms with E-state index in [4.69, 9.17) is 24.6 Å². The third kappa shape index (κ3) is 25.5. The first-order valence-electron chi connectivity index (χ1n) is 2.09. The Labute approximate surface area is 57.7 Å². The number of ketones is 1. The topological polar surface area (TPSA) is 115 Å². The van der Waals surface area contributed by atoms with Crippen LogP contribution in [-0.4, -0.2) is 32.1 Å². The number of aliphatic hydroxyl groups is 2.